The molecule has 0 amide bonds. The Morgan fingerprint density at radius 3 is 2.05 bits per heavy atom. The van der Waals surface area contributed by atoms with Crippen molar-refractivity contribution < 1.29 is 54.6 Å². The van der Waals surface area contributed by atoms with Gasteiger partial charge in [0.15, 0.2) is 17.2 Å². The molecule has 2 aliphatic carbocycles. The maximum absolute atomic E-state index is 13.1. The van der Waals surface area contributed by atoms with Crippen molar-refractivity contribution in [2.75, 3.05) is 16.6 Å². The fraction of sp³-hybridized carbons (Fsp3) is 0. The van der Waals surface area contributed by atoms with E-state index in [9.17, 15) is 59.8 Å². The minimum absolute atomic E-state index is 0.0191. The number of allylic oxidation sites excluding steroid dienone is 7. The third kappa shape index (κ3) is 9.31. The number of hydrazine groups is 1. The number of phenolic OH excluding ortho intramolecular Hbond substituents is 1. The maximum atomic E-state index is 13.1. The molecule has 0 heterocycles. The van der Waals surface area contributed by atoms with Gasteiger partial charge in [0.05, 0.1) is 49.4 Å². The summed E-state index contributed by atoms with van der Waals surface area (Å²) < 4.78 is 97.4. The zero-order valence-electron chi connectivity index (χ0n) is 29.3. The van der Waals surface area contributed by atoms with Crippen LogP contribution >= 0.6 is 0 Å². The number of nitrogens with zero attached hydrogens (tertiary/aromatic N) is 6. The Labute approximate surface area is 332 Å². The Bertz CT molecular complexity index is 2970. The largest absolute Gasteiger partial charge is 0.505 e. The predicted molar refractivity (Wildman–Crippen MR) is 215 cm³/mol. The van der Waals surface area contributed by atoms with Crippen LogP contribution in [0.3, 0.4) is 0 Å². The summed E-state index contributed by atoms with van der Waals surface area (Å²) >= 11 is 0. The summed E-state index contributed by atoms with van der Waals surface area (Å²) in [5, 5.41) is 46.8. The van der Waals surface area contributed by atoms with Crippen molar-refractivity contribution in [1.82, 2.24) is 0 Å². The molecular formula is C34H26N9O13S3+. The van der Waals surface area contributed by atoms with Crippen LogP contribution < -0.4 is 16.6 Å². The summed E-state index contributed by atoms with van der Waals surface area (Å²) in [4.78, 5) is 19.5. The number of aliphatic hydroxyl groups excluding tert-OH is 1. The summed E-state index contributed by atoms with van der Waals surface area (Å²) in [7, 11) is -14.4. The molecular weight excluding hydrogens is 839 g/mol. The Morgan fingerprint density at radius 2 is 1.46 bits per heavy atom. The lowest BCUT2D eigenvalue weighted by Gasteiger charge is -2.18. The van der Waals surface area contributed by atoms with E-state index < -0.39 is 73.9 Å². The number of anilines is 3. The third-order valence-electron chi connectivity index (χ3n) is 8.01. The third-order valence-corrected chi connectivity index (χ3v) is 11.1. The molecule has 4 aromatic carbocycles. The van der Waals surface area contributed by atoms with Crippen molar-refractivity contribution in [1.29, 1.82) is 0 Å². The maximum Gasteiger partial charge on any atom is 0.388 e. The van der Waals surface area contributed by atoms with Gasteiger partial charge in [0.2, 0.25) is 0 Å². The fourth-order valence-electron chi connectivity index (χ4n) is 5.22. The molecule has 0 unspecified atom stereocenters. The number of nitrogens with one attached hydrogen (secondary N) is 2. The first kappa shape index (κ1) is 41.3. The Kier molecular flexibility index (Phi) is 11.2. The summed E-state index contributed by atoms with van der Waals surface area (Å²) in [6, 6.07) is 10.9. The number of rotatable bonds is 11. The van der Waals surface area contributed by atoms with E-state index >= 15 is 0 Å². The summed E-state index contributed by atoms with van der Waals surface area (Å²) in [6.07, 6.45) is 8.95. The minimum atomic E-state index is -5.10. The van der Waals surface area contributed by atoms with Gasteiger partial charge >= 0.3 is 10.5 Å². The molecule has 22 nitrogen and oxygen atoms in total. The molecule has 302 valence electrons. The van der Waals surface area contributed by atoms with Crippen LogP contribution in [0, 0.1) is 10.1 Å². The molecule has 0 bridgehead atoms. The van der Waals surface area contributed by atoms with Crippen molar-refractivity contribution in [3.63, 3.8) is 0 Å². The molecule has 0 aliphatic heterocycles. The van der Waals surface area contributed by atoms with E-state index in [4.69, 9.17) is 5.73 Å². The molecule has 0 atom stereocenters. The standard InChI is InChI=1S/C34H25N9O13S3/c35-31-30-18(15-28(58(51,52)53)32(31)40-37-20-5-9-23(10-6-20)43(47)48)16-29(59(54,55)56)33(34(30)46)41-38-21-7-12-25(13-8-21)57(49,50)42-22-3-1-19(2-4-22)36-39-26-14-11-24(44)17-27(26)45/h1-17H,(H8-,35,36,37,38,39,40,41,42,44,45,46,51,52,53,54,55,56)/p+1. The number of nitrogens with two attached hydrogens (primary N) is 1. The molecule has 9 N–H and O–H groups in total. The number of benzene rings is 4. The average Bonchev–Trinajstić information content (AvgIpc) is 3.16. The zero-order valence-corrected chi connectivity index (χ0v) is 31.8. The average molecular weight is 865 g/mol. The number of aromatic hydroxyl groups is 1. The topological polar surface area (TPSA) is 359 Å². The quantitative estimate of drug-likeness (QED) is 0.0174. The van der Waals surface area contributed by atoms with Crippen LogP contribution in [-0.2, 0) is 39.6 Å². The molecule has 2 aliphatic rings. The summed E-state index contributed by atoms with van der Waals surface area (Å²) in [5.74, 6) is -1.76. The van der Waals surface area contributed by atoms with E-state index in [2.05, 4.69) is 35.7 Å². The molecule has 6 rings (SSSR count). The van der Waals surface area contributed by atoms with E-state index in [0.29, 0.717) is 0 Å². The number of carbonyl (C=O) groups is 1. The van der Waals surface area contributed by atoms with Crippen molar-refractivity contribution in [3.05, 3.63) is 119 Å². The van der Waals surface area contributed by atoms with Gasteiger partial charge in [0.1, 0.15) is 16.4 Å². The molecule has 0 radical (unpaired) electrons. The minimum Gasteiger partial charge on any atom is -0.505 e. The van der Waals surface area contributed by atoms with Gasteiger partial charge in [-0.25, -0.2) is 0 Å². The van der Waals surface area contributed by atoms with Crippen LogP contribution in [-0.4, -0.2) is 68.5 Å². The Hall–Kier alpha value is -7.29. The number of nitrogen functional groups attached to an aromatic ring is 1. The predicted octanol–water partition coefficient (Wildman–Crippen LogP) is 5.57. The molecule has 0 saturated carbocycles. The Morgan fingerprint density at radius 1 is 0.814 bits per heavy atom. The highest BCUT2D eigenvalue weighted by Gasteiger charge is 2.35. The lowest BCUT2D eigenvalue weighted by Crippen LogP contribution is -2.15. The molecule has 0 saturated heterocycles. The number of fused-ring (bicyclic) bond motifs is 1. The monoisotopic (exact) mass is 864 g/mol. The first-order valence-corrected chi connectivity index (χ1v) is 20.4. The van der Waals surface area contributed by atoms with Crippen molar-refractivity contribution in [2.24, 2.45) is 24.8 Å². The second-order valence-electron chi connectivity index (χ2n) is 12.0. The van der Waals surface area contributed by atoms with E-state index in [0.717, 1.165) is 42.5 Å². The van der Waals surface area contributed by atoms with Gasteiger partial charge in [0, 0.05) is 24.3 Å². The smallest absolute Gasteiger partial charge is 0.388 e. The number of nitro groups is 1. The first-order chi connectivity index (χ1) is 27.7. The van der Waals surface area contributed by atoms with Crippen LogP contribution in [0.15, 0.2) is 148 Å². The second kappa shape index (κ2) is 15.9. The van der Waals surface area contributed by atoms with Crippen LogP contribution in [0.1, 0.15) is 0 Å². The van der Waals surface area contributed by atoms with Crippen LogP contribution in [0.5, 0.6) is 5.75 Å². The van der Waals surface area contributed by atoms with Crippen LogP contribution in [0.25, 0.3) is 10.8 Å². The van der Waals surface area contributed by atoms with Gasteiger partial charge in [-0.05, 0) is 88.5 Å². The normalized spacial score (nSPS) is 15.2. The van der Waals surface area contributed by atoms with Crippen molar-refractivity contribution in [3.8, 4) is 5.75 Å². The van der Waals surface area contributed by atoms with Gasteiger partial charge in [0.25, 0.3) is 30.7 Å². The SMILES string of the molecule is Nc1c(NNc2ccc([N+](=O)[O-])cc2)c(S(=O)(=O)O)cc2cc([S+](=O)(O)O)c(N=Nc3ccc(S(=O)(=O)N=C4C=CC(=NN=C5C=CC(=O)C=C5O)C=C4)cc3)c(O)c12. The van der Waals surface area contributed by atoms with Gasteiger partial charge in [-0.15, -0.1) is 10.2 Å². The summed E-state index contributed by atoms with van der Waals surface area (Å²) in [6.45, 7) is 0. The Balaban J connectivity index is 1.28. The number of hydrogen-bond donors (Lipinski definition) is 8. The molecule has 59 heavy (non-hydrogen) atoms. The van der Waals surface area contributed by atoms with Gasteiger partial charge < -0.3 is 21.4 Å². The van der Waals surface area contributed by atoms with Crippen molar-refractivity contribution in [2.45, 2.75) is 14.7 Å². The number of nitro benzene ring substituents is 1. The number of hydrogen-bond acceptors (Lipinski definition) is 17. The molecule has 4 aromatic rings. The fourth-order valence-corrected chi connectivity index (χ4v) is 7.57. The number of non-ortho nitro benzene ring substituents is 1. The van der Waals surface area contributed by atoms with E-state index in [-0.39, 0.29) is 55.6 Å². The number of azo groups is 1. The van der Waals surface area contributed by atoms with Crippen LogP contribution in [0.4, 0.5) is 34.1 Å². The van der Waals surface area contributed by atoms with E-state index in [1.54, 1.807) is 0 Å². The van der Waals surface area contributed by atoms with Gasteiger partial charge in [-0.2, -0.15) is 40.6 Å². The van der Waals surface area contributed by atoms with E-state index in [1.165, 1.54) is 60.7 Å². The van der Waals surface area contributed by atoms with Gasteiger partial charge in [-0.1, -0.05) is 0 Å². The summed E-state index contributed by atoms with van der Waals surface area (Å²) in [5.41, 5.74) is 9.56. The highest BCUT2D eigenvalue weighted by atomic mass is 32.3. The van der Waals surface area contributed by atoms with Crippen LogP contribution in [0.2, 0.25) is 0 Å². The zero-order chi connectivity index (χ0) is 42.9. The lowest BCUT2D eigenvalue weighted by atomic mass is 10.0. The number of phenols is 1. The molecule has 25 heteroatoms. The highest BCUT2D eigenvalue weighted by molar-refractivity contribution is 7.92. The number of aliphatic hydroxyl groups is 1. The molecule has 0 fully saturated rings. The number of carbonyl (C=O) groups excluding carboxylic acids is 1. The molecule has 0 aromatic heterocycles. The second-order valence-corrected chi connectivity index (χ2v) is 16.4. The van der Waals surface area contributed by atoms with E-state index in [1.807, 2.05) is 0 Å². The first-order valence-electron chi connectivity index (χ1n) is 16.1. The van der Waals surface area contributed by atoms with Gasteiger partial charge in [-0.3, -0.25) is 24.9 Å². The number of ketones is 1. The lowest BCUT2D eigenvalue weighted by molar-refractivity contribution is -0.384. The molecule has 0 spiro atoms. The number of sulfonamides is 1. The van der Waals surface area contributed by atoms with Crippen molar-refractivity contribution >= 4 is 98.5 Å². The highest BCUT2D eigenvalue weighted by Crippen LogP contribution is 2.48.